The van der Waals surface area contributed by atoms with E-state index in [2.05, 4.69) is 10.3 Å². The number of anilines is 1. The lowest BCUT2D eigenvalue weighted by Crippen LogP contribution is -2.12. The highest BCUT2D eigenvalue weighted by Crippen LogP contribution is 2.16. The molecule has 1 aromatic heterocycles. The third kappa shape index (κ3) is 2.50. The van der Waals surface area contributed by atoms with Gasteiger partial charge in [0.2, 0.25) is 0 Å². The molecule has 1 aromatic carbocycles. The molecule has 2 rings (SSSR count). The fourth-order valence-electron chi connectivity index (χ4n) is 1.42. The summed E-state index contributed by atoms with van der Waals surface area (Å²) in [4.78, 5) is 15.6. The topological polar surface area (TPSA) is 65.8 Å². The van der Waals surface area contributed by atoms with Crippen LogP contribution in [-0.4, -0.2) is 10.9 Å². The van der Waals surface area contributed by atoms with Gasteiger partial charge in [-0.25, -0.2) is 4.39 Å². The van der Waals surface area contributed by atoms with Crippen molar-refractivity contribution < 1.29 is 9.18 Å². The zero-order valence-electron chi connectivity index (χ0n) is 9.22. The number of nitrogens with one attached hydrogen (secondary N) is 1. The first-order valence-electron chi connectivity index (χ1n) is 5.12. The summed E-state index contributed by atoms with van der Waals surface area (Å²) in [6, 6.07) is 8.53. The third-order valence-electron chi connectivity index (χ3n) is 2.29. The Morgan fingerprint density at radius 2 is 2.00 bits per heavy atom. The Morgan fingerprint density at radius 3 is 2.67 bits per heavy atom. The van der Waals surface area contributed by atoms with E-state index in [-0.39, 0.29) is 17.2 Å². The van der Waals surface area contributed by atoms with Gasteiger partial charge in [0.05, 0.1) is 11.3 Å². The number of hydrogen-bond acceptors (Lipinski definition) is 3. The molecule has 0 saturated carbocycles. The van der Waals surface area contributed by atoms with Crippen molar-refractivity contribution in [1.82, 2.24) is 4.98 Å². The normalized spacial score (nSPS) is 9.56. The fraction of sp³-hybridized carbons (Fsp3) is 0. The summed E-state index contributed by atoms with van der Waals surface area (Å²) < 4.78 is 12.9. The van der Waals surface area contributed by atoms with Gasteiger partial charge in [0.15, 0.2) is 0 Å². The van der Waals surface area contributed by atoms with Crippen molar-refractivity contribution in [2.24, 2.45) is 0 Å². The van der Waals surface area contributed by atoms with Crippen molar-refractivity contribution in [3.8, 4) is 6.07 Å². The van der Waals surface area contributed by atoms with Crippen LogP contribution in [0.5, 0.6) is 0 Å². The molecule has 1 amide bonds. The molecule has 0 unspecified atom stereocenters. The van der Waals surface area contributed by atoms with Crippen LogP contribution in [0.4, 0.5) is 10.1 Å². The Balaban J connectivity index is 2.25. The summed E-state index contributed by atoms with van der Waals surface area (Å²) in [7, 11) is 0. The molecule has 1 N–H and O–H groups in total. The number of aromatic nitrogens is 1. The van der Waals surface area contributed by atoms with Crippen LogP contribution in [-0.2, 0) is 0 Å². The molecule has 0 bridgehead atoms. The number of carbonyl (C=O) groups is 1. The first-order valence-corrected chi connectivity index (χ1v) is 5.12. The van der Waals surface area contributed by atoms with Gasteiger partial charge in [-0.3, -0.25) is 9.78 Å². The standard InChI is InChI=1S/C13H8FN3O/c14-11-1-2-12(10(7-11)8-15)17-13(18)9-3-5-16-6-4-9/h1-7H,(H,17,18). The van der Waals surface area contributed by atoms with Gasteiger partial charge in [0.25, 0.3) is 5.91 Å². The molecular formula is C13H8FN3O. The molecule has 0 aliphatic heterocycles. The van der Waals surface area contributed by atoms with Crippen LogP contribution in [0.3, 0.4) is 0 Å². The molecule has 1 heterocycles. The van der Waals surface area contributed by atoms with Gasteiger partial charge in [0, 0.05) is 18.0 Å². The molecule has 4 nitrogen and oxygen atoms in total. The Bertz CT molecular complexity index is 620. The molecule has 0 aliphatic carbocycles. The zero-order chi connectivity index (χ0) is 13.0. The maximum atomic E-state index is 12.9. The molecule has 5 heteroatoms. The van der Waals surface area contributed by atoms with Gasteiger partial charge >= 0.3 is 0 Å². The number of nitrogens with zero attached hydrogens (tertiary/aromatic N) is 2. The van der Waals surface area contributed by atoms with E-state index in [1.807, 2.05) is 6.07 Å². The zero-order valence-corrected chi connectivity index (χ0v) is 9.22. The molecule has 0 radical (unpaired) electrons. The maximum Gasteiger partial charge on any atom is 0.255 e. The van der Waals surface area contributed by atoms with Crippen molar-refractivity contribution in [2.75, 3.05) is 5.32 Å². The number of nitriles is 1. The van der Waals surface area contributed by atoms with Crippen LogP contribution < -0.4 is 5.32 Å². The van der Waals surface area contributed by atoms with Crippen LogP contribution in [0.25, 0.3) is 0 Å². The molecule has 18 heavy (non-hydrogen) atoms. The summed E-state index contributed by atoms with van der Waals surface area (Å²) in [5.41, 5.74) is 0.774. The molecule has 0 atom stereocenters. The number of rotatable bonds is 2. The van der Waals surface area contributed by atoms with E-state index in [1.54, 1.807) is 12.1 Å². The summed E-state index contributed by atoms with van der Waals surface area (Å²) in [5.74, 6) is -0.894. The van der Waals surface area contributed by atoms with Crippen molar-refractivity contribution in [3.63, 3.8) is 0 Å². The summed E-state index contributed by atoms with van der Waals surface area (Å²) in [6.07, 6.45) is 2.98. The lowest BCUT2D eigenvalue weighted by Gasteiger charge is -2.06. The van der Waals surface area contributed by atoms with Gasteiger partial charge in [-0.05, 0) is 30.3 Å². The third-order valence-corrected chi connectivity index (χ3v) is 2.29. The molecular weight excluding hydrogens is 233 g/mol. The van der Waals surface area contributed by atoms with Gasteiger partial charge < -0.3 is 5.32 Å². The average Bonchev–Trinajstić information content (AvgIpc) is 2.41. The van der Waals surface area contributed by atoms with Gasteiger partial charge in [0.1, 0.15) is 11.9 Å². The predicted molar refractivity (Wildman–Crippen MR) is 63.3 cm³/mol. The molecule has 0 spiro atoms. The van der Waals surface area contributed by atoms with Gasteiger partial charge in [-0.15, -0.1) is 0 Å². The highest BCUT2D eigenvalue weighted by Gasteiger charge is 2.09. The Kier molecular flexibility index (Phi) is 3.30. The van der Waals surface area contributed by atoms with E-state index in [0.29, 0.717) is 5.56 Å². The monoisotopic (exact) mass is 241 g/mol. The molecule has 0 fully saturated rings. The lowest BCUT2D eigenvalue weighted by atomic mass is 10.1. The van der Waals surface area contributed by atoms with Crippen LogP contribution >= 0.6 is 0 Å². The molecule has 88 valence electrons. The highest BCUT2D eigenvalue weighted by molar-refractivity contribution is 6.04. The molecule has 2 aromatic rings. The van der Waals surface area contributed by atoms with E-state index in [1.165, 1.54) is 24.5 Å². The minimum Gasteiger partial charge on any atom is -0.321 e. The quantitative estimate of drug-likeness (QED) is 0.877. The first-order chi connectivity index (χ1) is 8.70. The summed E-state index contributed by atoms with van der Waals surface area (Å²) >= 11 is 0. The number of carbonyl (C=O) groups excluding carboxylic acids is 1. The fourth-order valence-corrected chi connectivity index (χ4v) is 1.42. The molecule has 0 aliphatic rings. The predicted octanol–water partition coefficient (Wildman–Crippen LogP) is 2.34. The first kappa shape index (κ1) is 11.7. The van der Waals surface area contributed by atoms with E-state index in [0.717, 1.165) is 6.07 Å². The minimum absolute atomic E-state index is 0.0809. The number of halogens is 1. The van der Waals surface area contributed by atoms with Crippen molar-refractivity contribution in [3.05, 3.63) is 59.7 Å². The van der Waals surface area contributed by atoms with Gasteiger partial charge in [-0.2, -0.15) is 5.26 Å². The largest absolute Gasteiger partial charge is 0.321 e. The summed E-state index contributed by atoms with van der Waals surface area (Å²) in [6.45, 7) is 0. The second kappa shape index (κ2) is 5.06. The number of benzene rings is 1. The van der Waals surface area contributed by atoms with Gasteiger partial charge in [-0.1, -0.05) is 0 Å². The maximum absolute atomic E-state index is 12.9. The number of pyridine rings is 1. The molecule has 0 saturated heterocycles. The van der Waals surface area contributed by atoms with E-state index in [9.17, 15) is 9.18 Å². The Morgan fingerprint density at radius 1 is 1.28 bits per heavy atom. The SMILES string of the molecule is N#Cc1cc(F)ccc1NC(=O)c1ccncc1. The van der Waals surface area contributed by atoms with E-state index in [4.69, 9.17) is 5.26 Å². The second-order valence-corrected chi connectivity index (χ2v) is 3.49. The van der Waals surface area contributed by atoms with Crippen LogP contribution in [0.15, 0.2) is 42.7 Å². The number of amides is 1. The minimum atomic E-state index is -0.520. The lowest BCUT2D eigenvalue weighted by molar-refractivity contribution is 0.102. The average molecular weight is 241 g/mol. The van der Waals surface area contributed by atoms with E-state index < -0.39 is 5.82 Å². The van der Waals surface area contributed by atoms with Crippen LogP contribution in [0.1, 0.15) is 15.9 Å². The van der Waals surface area contributed by atoms with Crippen LogP contribution in [0.2, 0.25) is 0 Å². The van der Waals surface area contributed by atoms with Crippen LogP contribution in [0, 0.1) is 17.1 Å². The number of hydrogen-bond donors (Lipinski definition) is 1. The second-order valence-electron chi connectivity index (χ2n) is 3.49. The Labute approximate surface area is 103 Å². The van der Waals surface area contributed by atoms with Crippen molar-refractivity contribution >= 4 is 11.6 Å². The smallest absolute Gasteiger partial charge is 0.255 e. The summed E-state index contributed by atoms with van der Waals surface area (Å²) in [5, 5.41) is 11.4. The van der Waals surface area contributed by atoms with E-state index >= 15 is 0 Å². The highest BCUT2D eigenvalue weighted by atomic mass is 19.1. The Hall–Kier alpha value is -2.74. The van der Waals surface area contributed by atoms with Crippen molar-refractivity contribution in [2.45, 2.75) is 0 Å². The van der Waals surface area contributed by atoms with Crippen molar-refractivity contribution in [1.29, 1.82) is 5.26 Å².